The second kappa shape index (κ2) is 27.2. The molecule has 0 aromatic rings. The van der Waals surface area contributed by atoms with Crippen LogP contribution in [0.5, 0.6) is 0 Å². The Kier molecular flexibility index (Phi) is 28.5. The fourth-order valence-corrected chi connectivity index (χ4v) is 3.35. The lowest BCUT2D eigenvalue weighted by Gasteiger charge is -2.03. The van der Waals surface area contributed by atoms with Crippen molar-refractivity contribution < 1.29 is 15.0 Å². The molecule has 0 atom stereocenters. The molecule has 2 N–H and O–H groups in total. The first kappa shape index (κ1) is 28.2. The van der Waals surface area contributed by atoms with E-state index in [0.717, 1.165) is 19.1 Å². The highest BCUT2D eigenvalue weighted by Gasteiger charge is 1.97. The van der Waals surface area contributed by atoms with Crippen LogP contribution in [0.25, 0.3) is 0 Å². The maximum absolute atomic E-state index is 10.4. The molecule has 0 spiro atoms. The molecule has 0 aromatic heterocycles. The molecule has 0 rings (SSSR count). The fourth-order valence-electron chi connectivity index (χ4n) is 3.35. The Morgan fingerprint density at radius 1 is 0.630 bits per heavy atom. The fraction of sp³-hybridized carbons (Fsp3) is 0.875. The zero-order valence-corrected chi connectivity index (χ0v) is 18.2. The van der Waals surface area contributed by atoms with Gasteiger partial charge in [0.15, 0.2) is 0 Å². The lowest BCUT2D eigenvalue weighted by atomic mass is 10.0. The molecule has 0 aliphatic rings. The van der Waals surface area contributed by atoms with Crippen LogP contribution in [0.2, 0.25) is 0 Å². The average molecular weight is 385 g/mol. The number of hydrogen-bond acceptors (Lipinski definition) is 2. The van der Waals surface area contributed by atoms with Crippen molar-refractivity contribution in [2.24, 2.45) is 0 Å². The quantitative estimate of drug-likeness (QED) is 0.163. The standard InChI is InChI=1S/C22H44O2.C2H4O/c1-2-3-4-5-6-7-8-9-10-11-12-13-14-15-16-17-18-19-20-21-22(23)24;1-2-3/h2-21H2,1H3,(H,23,24);2-3H,1H2. The summed E-state index contributed by atoms with van der Waals surface area (Å²) in [6.07, 6.45) is 26.8. The minimum absolute atomic E-state index is 0.346. The van der Waals surface area contributed by atoms with E-state index >= 15 is 0 Å². The van der Waals surface area contributed by atoms with E-state index in [9.17, 15) is 4.79 Å². The Morgan fingerprint density at radius 3 is 1.07 bits per heavy atom. The summed E-state index contributed by atoms with van der Waals surface area (Å²) in [6.45, 7) is 5.20. The SMILES string of the molecule is C=CO.CCCCCCCCCCCCCCCCCCCCCC(=O)O. The van der Waals surface area contributed by atoms with Gasteiger partial charge in [-0.15, -0.1) is 0 Å². The van der Waals surface area contributed by atoms with E-state index in [1.165, 1.54) is 109 Å². The molecule has 162 valence electrons. The highest BCUT2D eigenvalue weighted by Crippen LogP contribution is 2.14. The van der Waals surface area contributed by atoms with Crippen molar-refractivity contribution in [2.75, 3.05) is 0 Å². The van der Waals surface area contributed by atoms with Crippen molar-refractivity contribution in [1.29, 1.82) is 0 Å². The predicted molar refractivity (Wildman–Crippen MR) is 118 cm³/mol. The Bertz CT molecular complexity index is 289. The third-order valence-electron chi connectivity index (χ3n) is 4.99. The maximum atomic E-state index is 10.4. The Hall–Kier alpha value is -0.990. The van der Waals surface area contributed by atoms with Crippen molar-refractivity contribution >= 4 is 5.97 Å². The first-order valence-electron chi connectivity index (χ1n) is 11.7. The van der Waals surface area contributed by atoms with Gasteiger partial charge in [-0.1, -0.05) is 129 Å². The molecular weight excluding hydrogens is 336 g/mol. The Labute approximate surface area is 169 Å². The molecule has 0 saturated heterocycles. The van der Waals surface area contributed by atoms with E-state index in [2.05, 4.69) is 13.5 Å². The third-order valence-corrected chi connectivity index (χ3v) is 4.99. The molecule has 0 radical (unpaired) electrons. The van der Waals surface area contributed by atoms with Crippen molar-refractivity contribution in [3.05, 3.63) is 12.8 Å². The van der Waals surface area contributed by atoms with Crippen LogP contribution >= 0.6 is 0 Å². The van der Waals surface area contributed by atoms with Gasteiger partial charge in [-0.2, -0.15) is 0 Å². The van der Waals surface area contributed by atoms with Gasteiger partial charge in [0.05, 0.1) is 6.26 Å². The largest absolute Gasteiger partial charge is 0.516 e. The Balaban J connectivity index is 0. The highest BCUT2D eigenvalue weighted by molar-refractivity contribution is 5.66. The molecule has 0 heterocycles. The van der Waals surface area contributed by atoms with Crippen LogP contribution in [0.4, 0.5) is 0 Å². The molecular formula is C24H48O3. The number of unbranched alkanes of at least 4 members (excludes halogenated alkanes) is 18. The highest BCUT2D eigenvalue weighted by atomic mass is 16.4. The smallest absolute Gasteiger partial charge is 0.303 e. The van der Waals surface area contributed by atoms with E-state index in [4.69, 9.17) is 10.2 Å². The summed E-state index contributed by atoms with van der Waals surface area (Å²) < 4.78 is 0. The van der Waals surface area contributed by atoms with Gasteiger partial charge in [0, 0.05) is 6.42 Å². The molecule has 0 amide bonds. The maximum Gasteiger partial charge on any atom is 0.303 e. The van der Waals surface area contributed by atoms with Gasteiger partial charge in [0.25, 0.3) is 0 Å². The number of aliphatic hydroxyl groups is 1. The lowest BCUT2D eigenvalue weighted by molar-refractivity contribution is -0.137. The van der Waals surface area contributed by atoms with Crippen LogP contribution in [-0.4, -0.2) is 16.2 Å². The molecule has 27 heavy (non-hydrogen) atoms. The normalized spacial score (nSPS) is 10.3. The van der Waals surface area contributed by atoms with Crippen LogP contribution in [0.15, 0.2) is 12.8 Å². The zero-order valence-electron chi connectivity index (χ0n) is 18.2. The number of aliphatic hydroxyl groups excluding tert-OH is 1. The molecule has 3 nitrogen and oxygen atoms in total. The molecule has 0 unspecified atom stereocenters. The summed E-state index contributed by atoms with van der Waals surface area (Å²) in [4.78, 5) is 10.4. The topological polar surface area (TPSA) is 57.5 Å². The predicted octanol–water partition coefficient (Wildman–Crippen LogP) is 8.58. The number of aliphatic carboxylic acids is 1. The van der Waals surface area contributed by atoms with Gasteiger partial charge < -0.3 is 10.2 Å². The van der Waals surface area contributed by atoms with E-state index in [1.54, 1.807) is 0 Å². The monoisotopic (exact) mass is 384 g/mol. The van der Waals surface area contributed by atoms with E-state index < -0.39 is 5.97 Å². The van der Waals surface area contributed by atoms with Gasteiger partial charge >= 0.3 is 5.97 Å². The van der Waals surface area contributed by atoms with E-state index in [1.807, 2.05) is 0 Å². The molecule has 3 heteroatoms. The van der Waals surface area contributed by atoms with Crippen molar-refractivity contribution in [3.63, 3.8) is 0 Å². The number of hydrogen-bond donors (Lipinski definition) is 2. The average Bonchev–Trinajstić information content (AvgIpc) is 2.64. The zero-order chi connectivity index (χ0) is 20.4. The lowest BCUT2D eigenvalue weighted by Crippen LogP contribution is -1.93. The first-order valence-corrected chi connectivity index (χ1v) is 11.7. The van der Waals surface area contributed by atoms with Crippen molar-refractivity contribution in [1.82, 2.24) is 0 Å². The van der Waals surface area contributed by atoms with E-state index in [0.29, 0.717) is 6.42 Å². The minimum Gasteiger partial charge on any atom is -0.516 e. The van der Waals surface area contributed by atoms with Crippen LogP contribution in [0, 0.1) is 0 Å². The second-order valence-electron chi connectivity index (χ2n) is 7.69. The van der Waals surface area contributed by atoms with Gasteiger partial charge in [0.2, 0.25) is 0 Å². The summed E-state index contributed by atoms with van der Waals surface area (Å²) in [6, 6.07) is 0. The minimum atomic E-state index is -0.651. The van der Waals surface area contributed by atoms with Crippen molar-refractivity contribution in [2.45, 2.75) is 135 Å². The summed E-state index contributed by atoms with van der Waals surface area (Å²) in [5.74, 6) is -0.651. The van der Waals surface area contributed by atoms with Crippen LogP contribution in [0.1, 0.15) is 135 Å². The second-order valence-corrected chi connectivity index (χ2v) is 7.69. The summed E-state index contributed by atoms with van der Waals surface area (Å²) in [5, 5.41) is 15.9. The van der Waals surface area contributed by atoms with Crippen LogP contribution in [-0.2, 0) is 4.79 Å². The van der Waals surface area contributed by atoms with Crippen LogP contribution in [0.3, 0.4) is 0 Å². The molecule has 0 bridgehead atoms. The van der Waals surface area contributed by atoms with Gasteiger partial charge in [-0.25, -0.2) is 0 Å². The summed E-state index contributed by atoms with van der Waals surface area (Å²) in [5.41, 5.74) is 0. The van der Waals surface area contributed by atoms with Crippen LogP contribution < -0.4 is 0 Å². The van der Waals surface area contributed by atoms with Gasteiger partial charge in [-0.05, 0) is 6.42 Å². The molecule has 0 aliphatic heterocycles. The van der Waals surface area contributed by atoms with Gasteiger partial charge in [-0.3, -0.25) is 4.79 Å². The number of carboxylic acids is 1. The van der Waals surface area contributed by atoms with Crippen molar-refractivity contribution in [3.8, 4) is 0 Å². The first-order chi connectivity index (χ1) is 13.2. The Morgan fingerprint density at radius 2 is 0.852 bits per heavy atom. The third kappa shape index (κ3) is 33.1. The molecule has 0 aliphatic carbocycles. The van der Waals surface area contributed by atoms with Gasteiger partial charge in [0.1, 0.15) is 0 Å². The van der Waals surface area contributed by atoms with E-state index in [-0.39, 0.29) is 0 Å². The number of carbonyl (C=O) groups is 1. The molecule has 0 saturated carbocycles. The number of carboxylic acid groups (broad SMARTS) is 1. The summed E-state index contributed by atoms with van der Waals surface area (Å²) >= 11 is 0. The molecule has 0 aromatic carbocycles. The summed E-state index contributed by atoms with van der Waals surface area (Å²) in [7, 11) is 0. The number of rotatable bonds is 20. The molecule has 0 fully saturated rings.